The summed E-state index contributed by atoms with van der Waals surface area (Å²) < 4.78 is 17.4. The number of benzene rings is 2. The molecule has 5 nitrogen and oxygen atoms in total. The lowest BCUT2D eigenvalue weighted by Gasteiger charge is -2.32. The Morgan fingerprint density at radius 2 is 2.03 bits per heavy atom. The van der Waals surface area contributed by atoms with Crippen molar-refractivity contribution in [2.24, 2.45) is 0 Å². The largest absolute Gasteiger partial charge is 0.491 e. The maximum atomic E-state index is 10.3. The molecule has 3 aliphatic rings. The van der Waals surface area contributed by atoms with Crippen molar-refractivity contribution in [1.29, 1.82) is 0 Å². The second-order valence-electron chi connectivity index (χ2n) is 8.78. The van der Waals surface area contributed by atoms with Gasteiger partial charge in [0.15, 0.2) is 6.29 Å². The average Bonchev–Trinajstić information content (AvgIpc) is 3.60. The molecule has 0 amide bonds. The molecule has 1 saturated heterocycles. The third-order valence-corrected chi connectivity index (χ3v) is 6.42. The summed E-state index contributed by atoms with van der Waals surface area (Å²) in [4.78, 5) is 0. The summed E-state index contributed by atoms with van der Waals surface area (Å²) in [5.41, 5.74) is 6.28. The molecule has 2 fully saturated rings. The highest BCUT2D eigenvalue weighted by Gasteiger charge is 2.31. The molecular formula is C25H31NO4. The number of rotatable bonds is 5. The predicted molar refractivity (Wildman–Crippen MR) is 116 cm³/mol. The topological polar surface area (TPSA) is 60.0 Å². The molecule has 3 atom stereocenters. The van der Waals surface area contributed by atoms with Crippen LogP contribution in [0.3, 0.4) is 0 Å². The lowest BCUT2D eigenvalue weighted by atomic mass is 9.91. The second-order valence-corrected chi connectivity index (χ2v) is 8.78. The van der Waals surface area contributed by atoms with Crippen LogP contribution in [-0.4, -0.2) is 37.8 Å². The van der Waals surface area contributed by atoms with Crippen LogP contribution in [0.1, 0.15) is 66.4 Å². The zero-order valence-electron chi connectivity index (χ0n) is 17.6. The van der Waals surface area contributed by atoms with Crippen molar-refractivity contribution in [2.45, 2.75) is 62.9 Å². The van der Waals surface area contributed by atoms with E-state index in [0.717, 1.165) is 43.0 Å². The van der Waals surface area contributed by atoms with Gasteiger partial charge in [-0.15, -0.1) is 0 Å². The van der Waals surface area contributed by atoms with Crippen LogP contribution in [0.25, 0.3) is 0 Å². The number of anilines is 1. The van der Waals surface area contributed by atoms with E-state index in [9.17, 15) is 5.11 Å². The van der Waals surface area contributed by atoms with E-state index in [0.29, 0.717) is 18.8 Å². The quantitative estimate of drug-likeness (QED) is 0.760. The fraction of sp³-hybridized carbons (Fsp3) is 0.520. The molecule has 0 bridgehead atoms. The lowest BCUT2D eigenvalue weighted by molar-refractivity contribution is -0.205. The number of methoxy groups -OCH3 is 1. The standard InChI is InChI=1S/C25H31NO4/c1-28-25-15-20(27)14-23(30-25)18-6-7-21(17-4-5-17)19(13-18)11-16-3-8-22-24(12-16)29-10-2-9-26-22/h3,6-8,12-13,17,20,23,25-27H,2,4-5,9-11,14-15H2,1H3. The van der Waals surface area contributed by atoms with E-state index in [-0.39, 0.29) is 12.4 Å². The number of aliphatic hydroxyl groups is 1. The summed E-state index contributed by atoms with van der Waals surface area (Å²) in [6, 6.07) is 13.3. The minimum atomic E-state index is -0.394. The number of hydrogen-bond acceptors (Lipinski definition) is 5. The van der Waals surface area contributed by atoms with Gasteiger partial charge in [-0.05, 0) is 66.0 Å². The number of ether oxygens (including phenoxy) is 3. The Labute approximate surface area is 178 Å². The van der Waals surface area contributed by atoms with Crippen molar-refractivity contribution in [3.63, 3.8) is 0 Å². The van der Waals surface area contributed by atoms with E-state index in [1.165, 1.54) is 29.5 Å². The van der Waals surface area contributed by atoms with E-state index in [4.69, 9.17) is 14.2 Å². The third-order valence-electron chi connectivity index (χ3n) is 6.42. The molecule has 2 aliphatic heterocycles. The first-order chi connectivity index (χ1) is 14.7. The van der Waals surface area contributed by atoms with Crippen LogP contribution in [0.2, 0.25) is 0 Å². The zero-order chi connectivity index (χ0) is 20.5. The smallest absolute Gasteiger partial charge is 0.160 e. The van der Waals surface area contributed by atoms with Gasteiger partial charge in [0.1, 0.15) is 5.75 Å². The highest BCUT2D eigenvalue weighted by molar-refractivity contribution is 5.59. The lowest BCUT2D eigenvalue weighted by Crippen LogP contribution is -2.32. The van der Waals surface area contributed by atoms with Gasteiger partial charge in [0.2, 0.25) is 0 Å². The average molecular weight is 410 g/mol. The second kappa shape index (κ2) is 8.58. The summed E-state index contributed by atoms with van der Waals surface area (Å²) in [5, 5.41) is 13.7. The molecule has 2 aromatic rings. The van der Waals surface area contributed by atoms with Crippen LogP contribution < -0.4 is 10.1 Å². The molecule has 2 N–H and O–H groups in total. The molecule has 5 heteroatoms. The first-order valence-electron chi connectivity index (χ1n) is 11.2. The van der Waals surface area contributed by atoms with Gasteiger partial charge >= 0.3 is 0 Å². The van der Waals surface area contributed by atoms with Crippen LogP contribution in [0.5, 0.6) is 5.75 Å². The summed E-state index contributed by atoms with van der Waals surface area (Å²) in [5.74, 6) is 1.63. The van der Waals surface area contributed by atoms with Crippen molar-refractivity contribution in [2.75, 3.05) is 25.6 Å². The maximum absolute atomic E-state index is 10.3. The Morgan fingerprint density at radius 1 is 1.13 bits per heavy atom. The molecule has 0 aromatic heterocycles. The molecule has 3 unspecified atom stereocenters. The van der Waals surface area contributed by atoms with Crippen molar-refractivity contribution in [3.8, 4) is 5.75 Å². The molecule has 0 spiro atoms. The fourth-order valence-corrected chi connectivity index (χ4v) is 4.64. The fourth-order valence-electron chi connectivity index (χ4n) is 4.64. The molecule has 5 rings (SSSR count). The highest BCUT2D eigenvalue weighted by Crippen LogP contribution is 2.44. The van der Waals surface area contributed by atoms with Crippen molar-refractivity contribution in [1.82, 2.24) is 0 Å². The van der Waals surface area contributed by atoms with Crippen molar-refractivity contribution < 1.29 is 19.3 Å². The van der Waals surface area contributed by atoms with Gasteiger partial charge in [0, 0.05) is 26.5 Å². The van der Waals surface area contributed by atoms with Gasteiger partial charge in [-0.3, -0.25) is 0 Å². The van der Waals surface area contributed by atoms with Crippen molar-refractivity contribution in [3.05, 3.63) is 58.7 Å². The third kappa shape index (κ3) is 4.34. The number of fused-ring (bicyclic) bond motifs is 1. The zero-order valence-corrected chi connectivity index (χ0v) is 17.6. The summed E-state index contributed by atoms with van der Waals surface area (Å²) in [7, 11) is 1.64. The van der Waals surface area contributed by atoms with E-state index in [2.05, 4.69) is 41.7 Å². The number of aliphatic hydroxyl groups excluding tert-OH is 1. The van der Waals surface area contributed by atoms with Gasteiger partial charge in [0.25, 0.3) is 0 Å². The first-order valence-corrected chi connectivity index (χ1v) is 11.2. The SMILES string of the molecule is COC1CC(O)CC(c2ccc(C3CC3)c(Cc3ccc4c(c3)OCCCN4)c2)O1. The molecule has 0 radical (unpaired) electrons. The van der Waals surface area contributed by atoms with Gasteiger partial charge in [0.05, 0.1) is 24.5 Å². The minimum Gasteiger partial charge on any atom is -0.491 e. The first kappa shape index (κ1) is 19.9. The van der Waals surface area contributed by atoms with Gasteiger partial charge < -0.3 is 24.6 Å². The highest BCUT2D eigenvalue weighted by atomic mass is 16.7. The summed E-state index contributed by atoms with van der Waals surface area (Å²) in [6.07, 6.45) is 4.71. The predicted octanol–water partition coefficient (Wildman–Crippen LogP) is 4.53. The van der Waals surface area contributed by atoms with E-state index in [1.807, 2.05) is 0 Å². The molecular weight excluding hydrogens is 378 g/mol. The Hall–Kier alpha value is -2.08. The van der Waals surface area contributed by atoms with E-state index >= 15 is 0 Å². The van der Waals surface area contributed by atoms with Gasteiger partial charge in [-0.1, -0.05) is 24.3 Å². The maximum Gasteiger partial charge on any atom is 0.160 e. The molecule has 2 aromatic carbocycles. The summed E-state index contributed by atoms with van der Waals surface area (Å²) in [6.45, 7) is 1.71. The van der Waals surface area contributed by atoms with Gasteiger partial charge in [-0.25, -0.2) is 0 Å². The van der Waals surface area contributed by atoms with Crippen LogP contribution in [0.15, 0.2) is 36.4 Å². The molecule has 1 aliphatic carbocycles. The minimum absolute atomic E-state index is 0.134. The Kier molecular flexibility index (Phi) is 5.68. The Bertz CT molecular complexity index is 895. The van der Waals surface area contributed by atoms with Crippen LogP contribution in [-0.2, 0) is 15.9 Å². The van der Waals surface area contributed by atoms with E-state index < -0.39 is 6.10 Å². The number of hydrogen-bond donors (Lipinski definition) is 2. The van der Waals surface area contributed by atoms with Crippen LogP contribution in [0, 0.1) is 0 Å². The Balaban J connectivity index is 1.42. The Morgan fingerprint density at radius 3 is 2.87 bits per heavy atom. The summed E-state index contributed by atoms with van der Waals surface area (Å²) >= 11 is 0. The molecule has 1 saturated carbocycles. The van der Waals surface area contributed by atoms with Crippen LogP contribution >= 0.6 is 0 Å². The van der Waals surface area contributed by atoms with Crippen LogP contribution in [0.4, 0.5) is 5.69 Å². The van der Waals surface area contributed by atoms with E-state index in [1.54, 1.807) is 7.11 Å². The van der Waals surface area contributed by atoms with Crippen molar-refractivity contribution >= 4 is 5.69 Å². The monoisotopic (exact) mass is 409 g/mol. The van der Waals surface area contributed by atoms with Gasteiger partial charge in [-0.2, -0.15) is 0 Å². The molecule has 160 valence electrons. The molecule has 30 heavy (non-hydrogen) atoms. The molecule has 2 heterocycles. The normalized spacial score (nSPS) is 26.3. The number of nitrogens with one attached hydrogen (secondary N) is 1.